The second-order valence-corrected chi connectivity index (χ2v) is 5.50. The van der Waals surface area contributed by atoms with Gasteiger partial charge in [0, 0.05) is 7.05 Å². The average molecular weight is 301 g/mol. The van der Waals surface area contributed by atoms with Crippen molar-refractivity contribution in [1.82, 2.24) is 14.9 Å². The largest absolute Gasteiger partial charge is 0.445 e. The number of H-pyrrole nitrogens is 1. The fourth-order valence-electron chi connectivity index (χ4n) is 2.11. The first-order valence-electron chi connectivity index (χ1n) is 6.50. The number of thioether (sulfide) groups is 1. The predicted molar refractivity (Wildman–Crippen MR) is 82.4 cm³/mol. The Labute approximate surface area is 126 Å². The lowest BCUT2D eigenvalue weighted by Gasteiger charge is -2.13. The number of rotatable bonds is 4. The van der Waals surface area contributed by atoms with Crippen molar-refractivity contribution in [2.75, 3.05) is 13.3 Å². The summed E-state index contributed by atoms with van der Waals surface area (Å²) in [6.45, 7) is 0.406. The number of nitrogens with one attached hydrogen (secondary N) is 1. The maximum absolute atomic E-state index is 12.3. The highest BCUT2D eigenvalue weighted by atomic mass is 32.2. The average Bonchev–Trinajstić information content (AvgIpc) is 3.12. The third-order valence-electron chi connectivity index (χ3n) is 3.17. The lowest BCUT2D eigenvalue weighted by atomic mass is 10.3. The molecule has 0 saturated carbocycles. The minimum atomic E-state index is -0.157. The number of nitrogens with zero attached hydrogens (tertiary/aromatic N) is 2. The van der Waals surface area contributed by atoms with E-state index in [-0.39, 0.29) is 5.91 Å². The smallest absolute Gasteiger partial charge is 0.289 e. The number of para-hydroxylation sites is 2. The summed E-state index contributed by atoms with van der Waals surface area (Å²) in [4.78, 5) is 21.5. The second-order valence-electron chi connectivity index (χ2n) is 4.68. The highest BCUT2D eigenvalue weighted by Gasteiger charge is 2.17. The van der Waals surface area contributed by atoms with Gasteiger partial charge in [0.25, 0.3) is 5.91 Å². The van der Waals surface area contributed by atoms with Gasteiger partial charge in [-0.25, -0.2) is 4.98 Å². The number of aromatic amines is 1. The van der Waals surface area contributed by atoms with Gasteiger partial charge >= 0.3 is 0 Å². The maximum atomic E-state index is 12.3. The van der Waals surface area contributed by atoms with Gasteiger partial charge in [-0.15, -0.1) is 0 Å². The van der Waals surface area contributed by atoms with Crippen LogP contribution >= 0.6 is 11.8 Å². The van der Waals surface area contributed by atoms with Crippen LogP contribution in [-0.2, 0) is 6.54 Å². The van der Waals surface area contributed by atoms with Crippen LogP contribution in [0.5, 0.6) is 0 Å². The third-order valence-corrected chi connectivity index (χ3v) is 3.79. The number of carbonyl (C=O) groups is 1. The Morgan fingerprint density at radius 3 is 2.86 bits per heavy atom. The molecular weight excluding hydrogens is 286 g/mol. The molecule has 0 saturated heterocycles. The summed E-state index contributed by atoms with van der Waals surface area (Å²) >= 11 is 1.47. The fourth-order valence-corrected chi connectivity index (χ4v) is 2.49. The van der Waals surface area contributed by atoms with Crippen molar-refractivity contribution in [3.05, 3.63) is 48.0 Å². The van der Waals surface area contributed by atoms with Crippen LogP contribution in [0.3, 0.4) is 0 Å². The van der Waals surface area contributed by atoms with Crippen molar-refractivity contribution in [3.8, 4) is 0 Å². The van der Waals surface area contributed by atoms with Gasteiger partial charge in [-0.2, -0.15) is 0 Å². The van der Waals surface area contributed by atoms with Gasteiger partial charge in [0.05, 0.1) is 17.6 Å². The maximum Gasteiger partial charge on any atom is 0.289 e. The number of hydrogen-bond donors (Lipinski definition) is 1. The summed E-state index contributed by atoms with van der Waals surface area (Å²) in [5, 5.41) is 0.732. The molecule has 21 heavy (non-hydrogen) atoms. The molecule has 0 bridgehead atoms. The molecule has 0 fully saturated rings. The van der Waals surface area contributed by atoms with E-state index in [0.29, 0.717) is 12.3 Å². The molecule has 3 rings (SSSR count). The van der Waals surface area contributed by atoms with Crippen molar-refractivity contribution < 1.29 is 9.21 Å². The van der Waals surface area contributed by atoms with E-state index in [2.05, 4.69) is 9.97 Å². The van der Waals surface area contributed by atoms with Crippen LogP contribution in [0.25, 0.3) is 11.0 Å². The molecule has 0 unspecified atom stereocenters. The molecule has 108 valence electrons. The molecule has 0 spiro atoms. The minimum Gasteiger partial charge on any atom is -0.445 e. The van der Waals surface area contributed by atoms with Crippen LogP contribution in [0.1, 0.15) is 16.4 Å². The Morgan fingerprint density at radius 1 is 1.33 bits per heavy atom. The van der Waals surface area contributed by atoms with Gasteiger partial charge in [0.1, 0.15) is 5.82 Å². The van der Waals surface area contributed by atoms with Crippen molar-refractivity contribution in [1.29, 1.82) is 0 Å². The number of benzene rings is 1. The van der Waals surface area contributed by atoms with Gasteiger partial charge in [0.15, 0.2) is 10.9 Å². The molecule has 5 nitrogen and oxygen atoms in total. The molecule has 1 aromatic carbocycles. The normalized spacial score (nSPS) is 11.0. The molecular formula is C15H15N3O2S. The zero-order chi connectivity index (χ0) is 14.8. The zero-order valence-corrected chi connectivity index (χ0v) is 12.6. The van der Waals surface area contributed by atoms with E-state index in [1.165, 1.54) is 11.8 Å². The summed E-state index contributed by atoms with van der Waals surface area (Å²) < 4.78 is 5.45. The standard InChI is InChI=1S/C15H15N3O2S/c1-18(15(19)12-7-8-14(20-12)21-2)9-13-16-10-5-3-4-6-11(10)17-13/h3-8H,9H2,1-2H3,(H,16,17). The van der Waals surface area contributed by atoms with Gasteiger partial charge in [-0.05, 0) is 30.5 Å². The van der Waals surface area contributed by atoms with E-state index < -0.39 is 0 Å². The monoisotopic (exact) mass is 301 g/mol. The molecule has 0 aliphatic carbocycles. The Kier molecular flexibility index (Phi) is 3.70. The first kappa shape index (κ1) is 13.8. The van der Waals surface area contributed by atoms with E-state index in [1.54, 1.807) is 24.1 Å². The quantitative estimate of drug-likeness (QED) is 0.752. The van der Waals surface area contributed by atoms with Crippen molar-refractivity contribution in [2.24, 2.45) is 0 Å². The SMILES string of the molecule is CSc1ccc(C(=O)N(C)Cc2nc3ccccc3[nH]2)o1. The van der Waals surface area contributed by atoms with Crippen LogP contribution in [0.15, 0.2) is 45.9 Å². The van der Waals surface area contributed by atoms with Crippen LogP contribution in [0, 0.1) is 0 Å². The molecule has 0 radical (unpaired) electrons. The van der Waals surface area contributed by atoms with E-state index in [4.69, 9.17) is 4.42 Å². The molecule has 0 atom stereocenters. The van der Waals surface area contributed by atoms with Gasteiger partial charge in [-0.1, -0.05) is 23.9 Å². The minimum absolute atomic E-state index is 0.157. The molecule has 6 heteroatoms. The van der Waals surface area contributed by atoms with Gasteiger partial charge in [0.2, 0.25) is 0 Å². The van der Waals surface area contributed by atoms with Crippen LogP contribution in [0.4, 0.5) is 0 Å². The van der Waals surface area contributed by atoms with Crippen molar-refractivity contribution >= 4 is 28.7 Å². The summed E-state index contributed by atoms with van der Waals surface area (Å²) in [5.41, 5.74) is 1.87. The lowest BCUT2D eigenvalue weighted by Crippen LogP contribution is -2.26. The number of fused-ring (bicyclic) bond motifs is 1. The molecule has 3 aromatic rings. The Bertz CT molecular complexity index is 745. The molecule has 0 aliphatic heterocycles. The number of hydrogen-bond acceptors (Lipinski definition) is 4. The predicted octanol–water partition coefficient (Wildman–Crippen LogP) is 3.15. The number of aromatic nitrogens is 2. The highest BCUT2D eigenvalue weighted by Crippen LogP contribution is 2.19. The van der Waals surface area contributed by atoms with Crippen molar-refractivity contribution in [2.45, 2.75) is 11.6 Å². The molecule has 1 amide bonds. The Balaban J connectivity index is 1.75. The number of furan rings is 1. The van der Waals surface area contributed by atoms with E-state index in [9.17, 15) is 4.79 Å². The molecule has 1 N–H and O–H groups in total. The van der Waals surface area contributed by atoms with Crippen LogP contribution in [0.2, 0.25) is 0 Å². The molecule has 2 aromatic heterocycles. The number of imidazole rings is 1. The first-order valence-corrected chi connectivity index (χ1v) is 7.73. The number of amides is 1. The third kappa shape index (κ3) is 2.80. The summed E-state index contributed by atoms with van der Waals surface area (Å²) in [6.07, 6.45) is 1.91. The van der Waals surface area contributed by atoms with E-state index in [1.807, 2.05) is 30.5 Å². The fraction of sp³-hybridized carbons (Fsp3) is 0.200. The van der Waals surface area contributed by atoms with Crippen LogP contribution in [-0.4, -0.2) is 34.1 Å². The summed E-state index contributed by atoms with van der Waals surface area (Å²) in [6, 6.07) is 11.3. The second kappa shape index (κ2) is 5.65. The molecule has 2 heterocycles. The van der Waals surface area contributed by atoms with Gasteiger partial charge < -0.3 is 14.3 Å². The topological polar surface area (TPSA) is 62.1 Å². The first-order chi connectivity index (χ1) is 10.2. The van der Waals surface area contributed by atoms with Crippen molar-refractivity contribution in [3.63, 3.8) is 0 Å². The zero-order valence-electron chi connectivity index (χ0n) is 11.8. The van der Waals surface area contributed by atoms with E-state index in [0.717, 1.165) is 22.0 Å². The lowest BCUT2D eigenvalue weighted by molar-refractivity contribution is 0.0745. The Morgan fingerprint density at radius 2 is 2.14 bits per heavy atom. The van der Waals surface area contributed by atoms with Crippen LogP contribution < -0.4 is 0 Å². The highest BCUT2D eigenvalue weighted by molar-refractivity contribution is 7.98. The van der Waals surface area contributed by atoms with E-state index >= 15 is 0 Å². The summed E-state index contributed by atoms with van der Waals surface area (Å²) in [7, 11) is 1.73. The summed E-state index contributed by atoms with van der Waals surface area (Å²) in [5.74, 6) is 0.942. The van der Waals surface area contributed by atoms with Gasteiger partial charge in [-0.3, -0.25) is 4.79 Å². The Hall–Kier alpha value is -2.21. The molecule has 0 aliphatic rings. The number of carbonyl (C=O) groups excluding carboxylic acids is 1.